The van der Waals surface area contributed by atoms with Gasteiger partial charge in [0.05, 0.1) is 19.2 Å². The minimum Gasteiger partial charge on any atom is -0.465 e. The van der Waals surface area contributed by atoms with Gasteiger partial charge >= 0.3 is 12.1 Å². The number of ether oxygens (including phenoxy) is 2. The van der Waals surface area contributed by atoms with Gasteiger partial charge in [-0.15, -0.1) is 0 Å². The van der Waals surface area contributed by atoms with E-state index in [1.165, 1.54) is 7.11 Å². The highest BCUT2D eigenvalue weighted by molar-refractivity contribution is 5.91. The van der Waals surface area contributed by atoms with Crippen LogP contribution in [0, 0.1) is 18.8 Å². The number of benzene rings is 2. The number of carbonyl (C=O) groups is 2. The molecule has 5 nitrogen and oxygen atoms in total. The third-order valence-electron chi connectivity index (χ3n) is 3.50. The molecule has 2 rings (SSSR count). The van der Waals surface area contributed by atoms with Gasteiger partial charge in [0.1, 0.15) is 6.61 Å². The summed E-state index contributed by atoms with van der Waals surface area (Å²) in [6.45, 7) is 2.16. The van der Waals surface area contributed by atoms with Crippen molar-refractivity contribution < 1.29 is 19.1 Å². The highest BCUT2D eigenvalue weighted by atomic mass is 16.5. The molecule has 0 fully saturated rings. The Hall–Kier alpha value is -3.26. The Morgan fingerprint density at radius 3 is 2.56 bits per heavy atom. The summed E-state index contributed by atoms with van der Waals surface area (Å²) in [7, 11) is 1.34. The van der Waals surface area contributed by atoms with Crippen LogP contribution in [0.15, 0.2) is 48.5 Å². The molecule has 0 saturated heterocycles. The van der Waals surface area contributed by atoms with Gasteiger partial charge in [0.25, 0.3) is 0 Å². The Morgan fingerprint density at radius 1 is 1.08 bits per heavy atom. The van der Waals surface area contributed by atoms with Gasteiger partial charge in [0, 0.05) is 5.56 Å². The minimum atomic E-state index is -0.529. The van der Waals surface area contributed by atoms with Crippen molar-refractivity contribution in [1.29, 1.82) is 0 Å². The summed E-state index contributed by atoms with van der Waals surface area (Å²) in [6, 6.07) is 14.7. The highest BCUT2D eigenvalue weighted by Gasteiger charge is 2.10. The average molecular weight is 337 g/mol. The smallest absolute Gasteiger partial charge is 0.408 e. The molecule has 0 saturated carbocycles. The topological polar surface area (TPSA) is 64.6 Å². The van der Waals surface area contributed by atoms with Crippen molar-refractivity contribution in [2.75, 3.05) is 13.7 Å². The average Bonchev–Trinajstić information content (AvgIpc) is 2.65. The number of nitrogens with one attached hydrogen (secondary N) is 1. The molecule has 1 amide bonds. The fourth-order valence-corrected chi connectivity index (χ4v) is 2.13. The number of rotatable bonds is 4. The van der Waals surface area contributed by atoms with Gasteiger partial charge in [0.15, 0.2) is 0 Å². The van der Waals surface area contributed by atoms with Gasteiger partial charge in [-0.05, 0) is 30.2 Å². The molecule has 1 N–H and O–H groups in total. The zero-order valence-corrected chi connectivity index (χ0v) is 14.2. The lowest BCUT2D eigenvalue weighted by molar-refractivity contribution is 0.0600. The molecule has 0 heterocycles. The molecule has 0 aliphatic rings. The molecular weight excluding hydrogens is 318 g/mol. The zero-order valence-electron chi connectivity index (χ0n) is 14.2. The van der Waals surface area contributed by atoms with E-state index in [0.717, 1.165) is 11.1 Å². The summed E-state index contributed by atoms with van der Waals surface area (Å²) < 4.78 is 9.82. The largest absolute Gasteiger partial charge is 0.465 e. The summed E-state index contributed by atoms with van der Waals surface area (Å²) in [6.07, 6.45) is -0.529. The third-order valence-corrected chi connectivity index (χ3v) is 3.50. The SMILES string of the molecule is COC(=O)c1cccc(C#CCNC(=O)OCc2ccccc2)c1C. The zero-order chi connectivity index (χ0) is 18.1. The number of alkyl carbamates (subject to hydrolysis) is 1. The van der Waals surface area contributed by atoms with Gasteiger partial charge in [-0.1, -0.05) is 48.2 Å². The van der Waals surface area contributed by atoms with E-state index in [1.807, 2.05) is 36.4 Å². The molecule has 0 spiro atoms. The van der Waals surface area contributed by atoms with E-state index >= 15 is 0 Å². The number of esters is 1. The maximum atomic E-state index is 11.7. The fraction of sp³-hybridized carbons (Fsp3) is 0.200. The van der Waals surface area contributed by atoms with Crippen LogP contribution in [0.25, 0.3) is 0 Å². The van der Waals surface area contributed by atoms with E-state index in [4.69, 9.17) is 9.47 Å². The second-order valence-corrected chi connectivity index (χ2v) is 5.19. The second-order valence-electron chi connectivity index (χ2n) is 5.19. The Labute approximate surface area is 147 Å². The predicted octanol–water partition coefficient (Wildman–Crippen LogP) is 3.06. The number of carbonyl (C=O) groups excluding carboxylic acids is 2. The van der Waals surface area contributed by atoms with Crippen LogP contribution in [0.4, 0.5) is 4.79 Å². The lowest BCUT2D eigenvalue weighted by Gasteiger charge is -2.05. The molecule has 25 heavy (non-hydrogen) atoms. The monoisotopic (exact) mass is 337 g/mol. The predicted molar refractivity (Wildman–Crippen MR) is 94.0 cm³/mol. The molecular formula is C20H19NO4. The molecule has 0 bridgehead atoms. The Morgan fingerprint density at radius 2 is 1.84 bits per heavy atom. The van der Waals surface area contributed by atoms with E-state index in [2.05, 4.69) is 17.2 Å². The van der Waals surface area contributed by atoms with Crippen molar-refractivity contribution in [3.63, 3.8) is 0 Å². The first-order chi connectivity index (χ1) is 12.1. The fourth-order valence-electron chi connectivity index (χ4n) is 2.13. The van der Waals surface area contributed by atoms with Crippen LogP contribution in [0.2, 0.25) is 0 Å². The molecule has 128 valence electrons. The summed E-state index contributed by atoms with van der Waals surface area (Å²) >= 11 is 0. The Kier molecular flexibility index (Phi) is 6.61. The van der Waals surface area contributed by atoms with Crippen molar-refractivity contribution in [3.8, 4) is 11.8 Å². The first kappa shape index (κ1) is 18.1. The molecule has 5 heteroatoms. The van der Waals surface area contributed by atoms with Crippen molar-refractivity contribution in [1.82, 2.24) is 5.32 Å². The molecule has 0 unspecified atom stereocenters. The lowest BCUT2D eigenvalue weighted by Crippen LogP contribution is -2.24. The van der Waals surface area contributed by atoms with E-state index in [0.29, 0.717) is 11.1 Å². The van der Waals surface area contributed by atoms with Crippen LogP contribution >= 0.6 is 0 Å². The standard InChI is InChI=1S/C20H19NO4/c1-15-17(10-6-12-18(15)19(22)24-2)11-7-13-21-20(23)25-14-16-8-4-3-5-9-16/h3-6,8-10,12H,13-14H2,1-2H3,(H,21,23). The molecule has 0 atom stereocenters. The van der Waals surface area contributed by atoms with Gasteiger partial charge in [-0.25, -0.2) is 9.59 Å². The normalized spacial score (nSPS) is 9.52. The minimum absolute atomic E-state index is 0.148. The van der Waals surface area contributed by atoms with Crippen molar-refractivity contribution >= 4 is 12.1 Å². The van der Waals surface area contributed by atoms with Crippen LogP contribution in [0.1, 0.15) is 27.0 Å². The van der Waals surface area contributed by atoms with Gasteiger partial charge in [-0.2, -0.15) is 0 Å². The lowest BCUT2D eigenvalue weighted by atomic mass is 10.0. The van der Waals surface area contributed by atoms with Crippen LogP contribution in [-0.2, 0) is 16.1 Å². The summed E-state index contributed by atoms with van der Waals surface area (Å²) in [5.74, 6) is 5.38. The van der Waals surface area contributed by atoms with E-state index in [-0.39, 0.29) is 13.2 Å². The second kappa shape index (κ2) is 9.14. The van der Waals surface area contributed by atoms with Crippen molar-refractivity contribution in [3.05, 3.63) is 70.8 Å². The van der Waals surface area contributed by atoms with Gasteiger partial charge in [0.2, 0.25) is 0 Å². The van der Waals surface area contributed by atoms with Crippen molar-refractivity contribution in [2.24, 2.45) is 0 Å². The first-order valence-electron chi connectivity index (χ1n) is 7.73. The summed E-state index contributed by atoms with van der Waals surface area (Å²) in [5.41, 5.74) is 2.85. The van der Waals surface area contributed by atoms with Crippen molar-refractivity contribution in [2.45, 2.75) is 13.5 Å². The molecule has 2 aromatic carbocycles. The first-order valence-corrected chi connectivity index (χ1v) is 7.73. The van der Waals surface area contributed by atoms with Crippen LogP contribution in [0.3, 0.4) is 0 Å². The summed E-state index contributed by atoms with van der Waals surface area (Å²) in [4.78, 5) is 23.3. The number of amides is 1. The molecule has 0 radical (unpaired) electrons. The number of hydrogen-bond acceptors (Lipinski definition) is 4. The number of methoxy groups -OCH3 is 1. The molecule has 0 aliphatic heterocycles. The van der Waals surface area contributed by atoms with E-state index in [1.54, 1.807) is 19.1 Å². The van der Waals surface area contributed by atoms with Crippen LogP contribution in [0.5, 0.6) is 0 Å². The highest BCUT2D eigenvalue weighted by Crippen LogP contribution is 2.13. The van der Waals surface area contributed by atoms with E-state index < -0.39 is 12.1 Å². The summed E-state index contributed by atoms with van der Waals surface area (Å²) in [5, 5.41) is 2.56. The maximum Gasteiger partial charge on any atom is 0.408 e. The maximum absolute atomic E-state index is 11.7. The van der Waals surface area contributed by atoms with Crippen LogP contribution in [-0.4, -0.2) is 25.7 Å². The van der Waals surface area contributed by atoms with Gasteiger partial charge < -0.3 is 14.8 Å². The Balaban J connectivity index is 1.86. The molecule has 2 aromatic rings. The third kappa shape index (κ3) is 5.40. The van der Waals surface area contributed by atoms with Gasteiger partial charge in [-0.3, -0.25) is 0 Å². The van der Waals surface area contributed by atoms with E-state index in [9.17, 15) is 9.59 Å². The molecule has 0 aliphatic carbocycles. The quantitative estimate of drug-likeness (QED) is 0.688. The molecule has 0 aromatic heterocycles. The van der Waals surface area contributed by atoms with Crippen LogP contribution < -0.4 is 5.32 Å². The Bertz CT molecular complexity index is 803. The number of hydrogen-bond donors (Lipinski definition) is 1.